The highest BCUT2D eigenvalue weighted by molar-refractivity contribution is 6.30. The van der Waals surface area contributed by atoms with Gasteiger partial charge in [0.2, 0.25) is 0 Å². The molecule has 1 N–H and O–H groups in total. The van der Waals surface area contributed by atoms with Crippen LogP contribution in [0, 0.1) is 10.1 Å². The molecular formula is C21H14ClF3N2O5. The normalized spacial score (nSPS) is 11.0. The number of nitrogens with one attached hydrogen (secondary N) is 1. The van der Waals surface area contributed by atoms with Crippen molar-refractivity contribution in [3.05, 3.63) is 86.9 Å². The number of anilines is 1. The highest BCUT2D eigenvalue weighted by atomic mass is 35.5. The van der Waals surface area contributed by atoms with Crippen LogP contribution in [0.5, 0.6) is 17.2 Å². The largest absolute Gasteiger partial charge is 0.490 e. The van der Waals surface area contributed by atoms with Gasteiger partial charge >= 0.3 is 11.9 Å². The van der Waals surface area contributed by atoms with E-state index in [-0.39, 0.29) is 22.7 Å². The Kier molecular flexibility index (Phi) is 6.54. The van der Waals surface area contributed by atoms with E-state index in [1.165, 1.54) is 49.6 Å². The van der Waals surface area contributed by atoms with Gasteiger partial charge in [0.25, 0.3) is 5.91 Å². The Balaban J connectivity index is 1.88. The van der Waals surface area contributed by atoms with Crippen molar-refractivity contribution in [1.29, 1.82) is 0 Å². The van der Waals surface area contributed by atoms with Gasteiger partial charge in [0.05, 0.1) is 12.0 Å². The number of ether oxygens (including phenoxy) is 2. The number of hydrogen-bond donors (Lipinski definition) is 1. The summed E-state index contributed by atoms with van der Waals surface area (Å²) in [6, 6.07) is 12.2. The lowest BCUT2D eigenvalue weighted by Gasteiger charge is -2.16. The first-order chi connectivity index (χ1) is 15.1. The van der Waals surface area contributed by atoms with Gasteiger partial charge in [0.1, 0.15) is 17.1 Å². The van der Waals surface area contributed by atoms with Crippen molar-refractivity contribution in [2.45, 2.75) is 6.18 Å². The maximum absolute atomic E-state index is 13.6. The van der Waals surface area contributed by atoms with Gasteiger partial charge in [-0.1, -0.05) is 11.6 Å². The molecular weight excluding hydrogens is 453 g/mol. The fourth-order valence-corrected chi connectivity index (χ4v) is 2.85. The van der Waals surface area contributed by atoms with Crippen molar-refractivity contribution >= 4 is 28.9 Å². The fourth-order valence-electron chi connectivity index (χ4n) is 2.73. The highest BCUT2D eigenvalue weighted by Crippen LogP contribution is 2.40. The molecule has 0 aromatic heterocycles. The molecule has 0 saturated carbocycles. The topological polar surface area (TPSA) is 90.7 Å². The van der Waals surface area contributed by atoms with E-state index in [1.54, 1.807) is 0 Å². The quantitative estimate of drug-likeness (QED) is 0.339. The second kappa shape index (κ2) is 9.15. The molecule has 166 valence electrons. The summed E-state index contributed by atoms with van der Waals surface area (Å²) >= 11 is 5.76. The predicted molar refractivity (Wildman–Crippen MR) is 111 cm³/mol. The predicted octanol–water partition coefficient (Wildman–Crippen LogP) is 6.32. The first-order valence-corrected chi connectivity index (χ1v) is 9.24. The molecule has 0 aliphatic carbocycles. The molecule has 0 unspecified atom stereocenters. The summed E-state index contributed by atoms with van der Waals surface area (Å²) in [4.78, 5) is 22.8. The number of benzene rings is 3. The molecule has 0 aliphatic heterocycles. The van der Waals surface area contributed by atoms with Gasteiger partial charge in [-0.05, 0) is 54.6 Å². The maximum atomic E-state index is 13.6. The number of nitro groups is 1. The second-order valence-corrected chi connectivity index (χ2v) is 6.80. The lowest BCUT2D eigenvalue weighted by molar-refractivity contribution is -0.385. The van der Waals surface area contributed by atoms with Crippen molar-refractivity contribution < 1.29 is 32.4 Å². The summed E-state index contributed by atoms with van der Waals surface area (Å²) in [6.07, 6.45) is -4.78. The van der Waals surface area contributed by atoms with Gasteiger partial charge < -0.3 is 14.8 Å². The van der Waals surface area contributed by atoms with Crippen LogP contribution in [-0.4, -0.2) is 17.9 Å². The van der Waals surface area contributed by atoms with Gasteiger partial charge in [-0.25, -0.2) is 0 Å². The molecule has 3 rings (SSSR count). The van der Waals surface area contributed by atoms with Crippen LogP contribution in [0.15, 0.2) is 60.7 Å². The van der Waals surface area contributed by atoms with Crippen molar-refractivity contribution in [1.82, 2.24) is 0 Å². The number of carbonyl (C=O) groups is 1. The summed E-state index contributed by atoms with van der Waals surface area (Å²) in [5.74, 6) is -1.23. The molecule has 0 bridgehead atoms. The Bertz CT molecular complexity index is 1170. The molecule has 0 aliphatic rings. The molecule has 0 fully saturated rings. The van der Waals surface area contributed by atoms with Crippen LogP contribution in [0.4, 0.5) is 24.5 Å². The second-order valence-electron chi connectivity index (χ2n) is 6.36. The van der Waals surface area contributed by atoms with Crippen LogP contribution in [-0.2, 0) is 6.18 Å². The minimum atomic E-state index is -4.78. The number of amides is 1. The SMILES string of the molecule is COc1ccc(C(=O)Nc2ccc(Oc3ccc(Cl)cc3)c(C(F)(F)F)c2)cc1[N+](=O)[O-]. The maximum Gasteiger partial charge on any atom is 0.420 e. The highest BCUT2D eigenvalue weighted by Gasteiger charge is 2.35. The third-order valence-electron chi connectivity index (χ3n) is 4.22. The summed E-state index contributed by atoms with van der Waals surface area (Å²) in [5, 5.41) is 13.8. The molecule has 3 aromatic carbocycles. The number of rotatable bonds is 6. The summed E-state index contributed by atoms with van der Waals surface area (Å²) in [6.45, 7) is 0. The van der Waals surface area contributed by atoms with E-state index in [2.05, 4.69) is 5.32 Å². The lowest BCUT2D eigenvalue weighted by Crippen LogP contribution is -2.14. The Hall–Kier alpha value is -3.79. The van der Waals surface area contributed by atoms with E-state index in [0.29, 0.717) is 11.1 Å². The number of nitro benzene ring substituents is 1. The number of methoxy groups -OCH3 is 1. The first kappa shape index (κ1) is 22.9. The number of nitrogens with zero attached hydrogens (tertiary/aromatic N) is 1. The van der Waals surface area contributed by atoms with Crippen molar-refractivity contribution in [2.24, 2.45) is 0 Å². The van der Waals surface area contributed by atoms with Gasteiger partial charge in [-0.3, -0.25) is 14.9 Å². The van der Waals surface area contributed by atoms with Gasteiger partial charge in [0, 0.05) is 22.3 Å². The van der Waals surface area contributed by atoms with Crippen LogP contribution < -0.4 is 14.8 Å². The standard InChI is InChI=1S/C21H14ClF3N2O5/c1-31-19-8-2-12(10-17(19)27(29)30)20(28)26-14-5-9-18(16(11-14)21(23,24)25)32-15-6-3-13(22)4-7-15/h2-11H,1H3,(H,26,28). The molecule has 0 radical (unpaired) electrons. The molecule has 7 nitrogen and oxygen atoms in total. The van der Waals surface area contributed by atoms with Crippen molar-refractivity contribution in [3.63, 3.8) is 0 Å². The third-order valence-corrected chi connectivity index (χ3v) is 4.47. The van der Waals surface area contributed by atoms with Gasteiger partial charge in [-0.2, -0.15) is 13.2 Å². The zero-order valence-corrected chi connectivity index (χ0v) is 17.0. The number of hydrogen-bond acceptors (Lipinski definition) is 5. The number of halogens is 4. The molecule has 0 heterocycles. The Morgan fingerprint density at radius 1 is 1.03 bits per heavy atom. The smallest absolute Gasteiger partial charge is 0.420 e. The average molecular weight is 467 g/mol. The minimum absolute atomic E-state index is 0.0605. The van der Waals surface area contributed by atoms with E-state index < -0.39 is 34.0 Å². The molecule has 3 aromatic rings. The molecule has 0 saturated heterocycles. The molecule has 1 amide bonds. The summed E-state index contributed by atoms with van der Waals surface area (Å²) in [5.41, 5.74) is -1.88. The lowest BCUT2D eigenvalue weighted by atomic mass is 10.1. The van der Waals surface area contributed by atoms with E-state index in [1.807, 2.05) is 0 Å². The monoisotopic (exact) mass is 466 g/mol. The Morgan fingerprint density at radius 2 is 1.69 bits per heavy atom. The fraction of sp³-hybridized carbons (Fsp3) is 0.0952. The van der Waals surface area contributed by atoms with Gasteiger partial charge in [-0.15, -0.1) is 0 Å². The number of alkyl halides is 3. The van der Waals surface area contributed by atoms with Crippen LogP contribution in [0.3, 0.4) is 0 Å². The Labute approximate surface area is 184 Å². The van der Waals surface area contributed by atoms with E-state index in [9.17, 15) is 28.1 Å². The zero-order valence-electron chi connectivity index (χ0n) is 16.3. The molecule has 0 atom stereocenters. The number of carbonyl (C=O) groups excluding carboxylic acids is 1. The third kappa shape index (κ3) is 5.27. The van der Waals surface area contributed by atoms with Crippen LogP contribution in [0.1, 0.15) is 15.9 Å². The molecule has 0 spiro atoms. The van der Waals surface area contributed by atoms with Crippen LogP contribution in [0.2, 0.25) is 5.02 Å². The van der Waals surface area contributed by atoms with Crippen molar-refractivity contribution in [3.8, 4) is 17.2 Å². The van der Waals surface area contributed by atoms with E-state index >= 15 is 0 Å². The first-order valence-electron chi connectivity index (χ1n) is 8.87. The Morgan fingerprint density at radius 3 is 2.28 bits per heavy atom. The van der Waals surface area contributed by atoms with E-state index in [0.717, 1.165) is 12.1 Å². The van der Waals surface area contributed by atoms with Gasteiger partial charge in [0.15, 0.2) is 5.75 Å². The average Bonchev–Trinajstić information content (AvgIpc) is 2.75. The van der Waals surface area contributed by atoms with E-state index in [4.69, 9.17) is 21.1 Å². The zero-order chi connectivity index (χ0) is 23.5. The van der Waals surface area contributed by atoms with Crippen molar-refractivity contribution in [2.75, 3.05) is 12.4 Å². The van der Waals surface area contributed by atoms with Crippen LogP contribution in [0.25, 0.3) is 0 Å². The minimum Gasteiger partial charge on any atom is -0.490 e. The van der Waals surface area contributed by atoms with Crippen LogP contribution >= 0.6 is 11.6 Å². The molecule has 32 heavy (non-hydrogen) atoms. The summed E-state index contributed by atoms with van der Waals surface area (Å²) in [7, 11) is 1.23. The molecule has 11 heteroatoms. The summed E-state index contributed by atoms with van der Waals surface area (Å²) < 4.78 is 50.9.